The Kier molecular flexibility index (Phi) is 12.8. The number of hydrogen-bond acceptors (Lipinski definition) is 8. The molecule has 1 saturated heterocycles. The number of nitrogens with one attached hydrogen (secondary N) is 4. The number of ketones is 1. The third kappa shape index (κ3) is 8.78. The lowest BCUT2D eigenvalue weighted by molar-refractivity contribution is -0.144. The van der Waals surface area contributed by atoms with Gasteiger partial charge in [0.1, 0.15) is 12.1 Å². The van der Waals surface area contributed by atoms with Crippen LogP contribution in [-0.2, 0) is 35.7 Å². The van der Waals surface area contributed by atoms with E-state index in [0.717, 1.165) is 49.0 Å². The van der Waals surface area contributed by atoms with Crippen LogP contribution in [0.15, 0.2) is 40.6 Å². The molecule has 4 N–H and O–H groups in total. The average Bonchev–Trinajstić information content (AvgIpc) is 3.79. The highest BCUT2D eigenvalue weighted by Gasteiger charge is 2.57. The van der Waals surface area contributed by atoms with Gasteiger partial charge in [0.05, 0.1) is 10.9 Å². The molecule has 1 aromatic rings. The number of thiophene rings is 1. The first kappa shape index (κ1) is 41.6. The SMILES string of the molecule is C=CCNC(=O)C(=O)C(CCCC)NC(=O)[C@@H]1[C@@H]2C(=CC2(C)C)CN1C(=O)[C@@H](NC(=O)N[C@H](CN1Cc2sccc2S1(=O)=O)C(C)(C)C)C1CCCCC1. The number of fused-ring (bicyclic) bond motifs is 2. The van der Waals surface area contributed by atoms with Gasteiger partial charge in [0.15, 0.2) is 0 Å². The molecular weight excluding hydrogens is 729 g/mol. The van der Waals surface area contributed by atoms with Crippen LogP contribution >= 0.6 is 11.3 Å². The van der Waals surface area contributed by atoms with Crippen LogP contribution in [0.1, 0.15) is 97.8 Å². The van der Waals surface area contributed by atoms with Crippen LogP contribution in [0, 0.1) is 22.7 Å². The minimum atomic E-state index is -3.70. The largest absolute Gasteiger partial charge is 0.346 e. The molecule has 13 nitrogen and oxygen atoms in total. The predicted octanol–water partition coefficient (Wildman–Crippen LogP) is 4.25. The highest BCUT2D eigenvalue weighted by molar-refractivity contribution is 7.89. The molecule has 2 aliphatic heterocycles. The van der Waals surface area contributed by atoms with Crippen molar-refractivity contribution >= 4 is 50.9 Å². The van der Waals surface area contributed by atoms with Crippen LogP contribution in [0.25, 0.3) is 0 Å². The molecule has 1 aromatic heterocycles. The van der Waals surface area contributed by atoms with Gasteiger partial charge in [0, 0.05) is 43.0 Å². The molecule has 0 radical (unpaired) electrons. The van der Waals surface area contributed by atoms with Gasteiger partial charge in [0.25, 0.3) is 5.91 Å². The van der Waals surface area contributed by atoms with Crippen LogP contribution in [0.4, 0.5) is 4.79 Å². The summed E-state index contributed by atoms with van der Waals surface area (Å²) >= 11 is 1.39. The zero-order chi connectivity index (χ0) is 39.6. The van der Waals surface area contributed by atoms with E-state index in [1.165, 1.54) is 21.7 Å². The fraction of sp³-hybridized carbons (Fsp3) is 0.667. The zero-order valence-electron chi connectivity index (χ0n) is 32.5. The molecule has 1 unspecified atom stereocenters. The number of carbonyl (C=O) groups excluding carboxylic acids is 5. The fourth-order valence-corrected chi connectivity index (χ4v) is 11.4. The fourth-order valence-electron chi connectivity index (χ4n) is 8.45. The van der Waals surface area contributed by atoms with Crippen LogP contribution < -0.4 is 21.3 Å². The van der Waals surface area contributed by atoms with E-state index in [1.807, 2.05) is 41.5 Å². The van der Waals surface area contributed by atoms with Crippen molar-refractivity contribution in [2.24, 2.45) is 22.7 Å². The molecule has 0 aromatic carbocycles. The molecule has 2 fully saturated rings. The van der Waals surface area contributed by atoms with E-state index < -0.39 is 68.6 Å². The maximum Gasteiger partial charge on any atom is 0.315 e. The van der Waals surface area contributed by atoms with E-state index in [4.69, 9.17) is 0 Å². The summed E-state index contributed by atoms with van der Waals surface area (Å²) in [5, 5.41) is 13.2. The van der Waals surface area contributed by atoms with E-state index >= 15 is 0 Å². The lowest BCUT2D eigenvalue weighted by Crippen LogP contribution is -2.62. The van der Waals surface area contributed by atoms with Crippen molar-refractivity contribution < 1.29 is 32.4 Å². The summed E-state index contributed by atoms with van der Waals surface area (Å²) in [6, 6.07) is -2.50. The zero-order valence-corrected chi connectivity index (χ0v) is 34.2. The number of unbranched alkanes of at least 4 members (excludes halogenated alkanes) is 1. The van der Waals surface area contributed by atoms with Crippen molar-refractivity contribution in [1.82, 2.24) is 30.5 Å². The molecule has 0 spiro atoms. The van der Waals surface area contributed by atoms with E-state index in [2.05, 4.69) is 33.9 Å². The molecule has 5 amide bonds. The van der Waals surface area contributed by atoms with Gasteiger partial charge in [-0.1, -0.05) is 85.8 Å². The predicted molar refractivity (Wildman–Crippen MR) is 208 cm³/mol. The van der Waals surface area contributed by atoms with Crippen LogP contribution in [0.2, 0.25) is 0 Å². The van der Waals surface area contributed by atoms with Crippen molar-refractivity contribution in [3.05, 3.63) is 40.6 Å². The third-order valence-corrected chi connectivity index (χ3v) is 14.4. The van der Waals surface area contributed by atoms with Gasteiger partial charge in [-0.25, -0.2) is 13.2 Å². The van der Waals surface area contributed by atoms with Crippen molar-refractivity contribution in [2.75, 3.05) is 19.6 Å². The minimum absolute atomic E-state index is 0.0610. The number of urea groups is 1. The van der Waals surface area contributed by atoms with Gasteiger partial charge in [0.2, 0.25) is 27.6 Å². The molecule has 0 bridgehead atoms. The van der Waals surface area contributed by atoms with E-state index in [0.29, 0.717) is 11.3 Å². The quantitative estimate of drug-likeness (QED) is 0.152. The Morgan fingerprint density at radius 3 is 2.37 bits per heavy atom. The topological polar surface area (TPSA) is 174 Å². The summed E-state index contributed by atoms with van der Waals surface area (Å²) in [4.78, 5) is 71.7. The number of allylic oxidation sites excluding steroid dienone is 1. The first-order valence-electron chi connectivity index (χ1n) is 19.3. The average molecular weight is 787 g/mol. The van der Waals surface area contributed by atoms with Crippen LogP contribution in [0.3, 0.4) is 0 Å². The lowest BCUT2D eigenvalue weighted by atomic mass is 9.63. The lowest BCUT2D eigenvalue weighted by Gasteiger charge is -2.42. The second kappa shape index (κ2) is 16.7. The van der Waals surface area contributed by atoms with Crippen molar-refractivity contribution in [3.8, 4) is 0 Å². The molecule has 54 heavy (non-hydrogen) atoms. The Morgan fingerprint density at radius 1 is 1.06 bits per heavy atom. The standard InChI is InChI=1S/C39H58N6O7S2/c1-8-10-16-26(33(46)35(48)40-18-9-2)41-34(47)32-30-25(20-39(30,6)7)21-45(32)36(49)31(24-14-12-11-13-15-24)43-37(50)42-29(38(3,4)5)23-44-22-27-28(17-19-53-27)54(44,51)52/h9,17,19-20,24,26,29-32H,2,8,10-16,18,21-23H2,1,3-7H3,(H,40,48)(H,41,47)(H2,42,43,50)/t26?,29-,30+,31+,32+/m1/s1. The highest BCUT2D eigenvalue weighted by atomic mass is 32.2. The number of Topliss-reactive ketones (excluding diaryl/α,β-unsaturated/α-hetero) is 1. The monoisotopic (exact) mass is 786 g/mol. The van der Waals surface area contributed by atoms with E-state index in [1.54, 1.807) is 16.3 Å². The molecular formula is C39H58N6O7S2. The summed E-state index contributed by atoms with van der Waals surface area (Å²) in [7, 11) is -3.70. The molecule has 298 valence electrons. The third-order valence-electron chi connectivity index (χ3n) is 11.5. The van der Waals surface area contributed by atoms with Gasteiger partial charge in [-0.2, -0.15) is 4.31 Å². The minimum Gasteiger partial charge on any atom is -0.346 e. The summed E-state index contributed by atoms with van der Waals surface area (Å²) < 4.78 is 28.0. The second-order valence-corrected chi connectivity index (χ2v) is 19.8. The number of rotatable bonds is 15. The number of sulfonamides is 1. The Hall–Kier alpha value is -3.56. The number of likely N-dealkylation sites (tertiary alicyclic amines) is 1. The molecule has 15 heteroatoms. The molecule has 1 saturated carbocycles. The van der Waals surface area contributed by atoms with Gasteiger partial charge >= 0.3 is 6.03 Å². The number of hydrogen-bond donors (Lipinski definition) is 4. The second-order valence-electron chi connectivity index (χ2n) is 16.9. The van der Waals surface area contributed by atoms with Crippen molar-refractivity contribution in [3.63, 3.8) is 0 Å². The number of nitrogens with zero attached hydrogens (tertiary/aromatic N) is 2. The molecule has 3 heterocycles. The van der Waals surface area contributed by atoms with Gasteiger partial charge < -0.3 is 26.2 Å². The van der Waals surface area contributed by atoms with Crippen molar-refractivity contribution in [2.45, 2.75) is 129 Å². The summed E-state index contributed by atoms with van der Waals surface area (Å²) in [6.45, 7) is 16.0. The molecule has 5 atom stereocenters. The molecule has 2 aliphatic carbocycles. The number of amides is 5. The summed E-state index contributed by atoms with van der Waals surface area (Å²) in [6.07, 6.45) is 9.45. The normalized spacial score (nSPS) is 23.4. The van der Waals surface area contributed by atoms with Crippen LogP contribution in [-0.4, -0.2) is 91.0 Å². The van der Waals surface area contributed by atoms with Gasteiger partial charge in [-0.3, -0.25) is 19.2 Å². The highest BCUT2D eigenvalue weighted by Crippen LogP contribution is 2.52. The Balaban J connectivity index is 1.37. The van der Waals surface area contributed by atoms with Gasteiger partial charge in [-0.05, 0) is 53.0 Å². The smallest absolute Gasteiger partial charge is 0.315 e. The summed E-state index contributed by atoms with van der Waals surface area (Å²) in [5.41, 5.74) is 0.0198. The maximum atomic E-state index is 14.8. The maximum absolute atomic E-state index is 14.8. The molecule has 5 rings (SSSR count). The number of carbonyl (C=O) groups is 5. The first-order chi connectivity index (χ1) is 25.4. The Labute approximate surface area is 324 Å². The van der Waals surface area contributed by atoms with Crippen LogP contribution in [0.5, 0.6) is 0 Å². The van der Waals surface area contributed by atoms with Crippen molar-refractivity contribution in [1.29, 1.82) is 0 Å². The van der Waals surface area contributed by atoms with E-state index in [9.17, 15) is 32.4 Å². The Bertz CT molecular complexity index is 1760. The first-order valence-corrected chi connectivity index (χ1v) is 21.6. The van der Waals surface area contributed by atoms with E-state index in [-0.39, 0.29) is 50.3 Å². The Morgan fingerprint density at radius 2 is 1.76 bits per heavy atom. The summed E-state index contributed by atoms with van der Waals surface area (Å²) in [5.74, 6) is -2.90. The van der Waals surface area contributed by atoms with Gasteiger partial charge in [-0.15, -0.1) is 17.9 Å². The molecule has 4 aliphatic rings.